The Kier molecular flexibility index (Phi) is 6.01. The molecule has 2 fully saturated rings. The summed E-state index contributed by atoms with van der Waals surface area (Å²) < 4.78 is 31.9. The van der Waals surface area contributed by atoms with Crippen LogP contribution in [0.2, 0.25) is 0 Å². The topological polar surface area (TPSA) is 75.7 Å². The van der Waals surface area contributed by atoms with Gasteiger partial charge in [0.2, 0.25) is 15.9 Å². The van der Waals surface area contributed by atoms with Crippen molar-refractivity contribution >= 4 is 15.9 Å². The second-order valence-corrected chi connectivity index (χ2v) is 8.13. The smallest absolute Gasteiger partial charge is 0.216 e. The van der Waals surface area contributed by atoms with Crippen LogP contribution < -0.4 is 5.32 Å². The molecule has 1 aliphatic heterocycles. The van der Waals surface area contributed by atoms with Gasteiger partial charge in [-0.3, -0.25) is 4.79 Å². The zero-order valence-corrected chi connectivity index (χ0v) is 13.5. The van der Waals surface area contributed by atoms with Crippen LogP contribution in [0.3, 0.4) is 0 Å². The number of hydrogen-bond acceptors (Lipinski definition) is 4. The lowest BCUT2D eigenvalue weighted by Gasteiger charge is -2.32. The van der Waals surface area contributed by atoms with Gasteiger partial charge >= 0.3 is 0 Å². The maximum Gasteiger partial charge on any atom is 0.216 e. The largest absolute Gasteiger partial charge is 0.374 e. The number of morpholine rings is 1. The molecule has 122 valence electrons. The van der Waals surface area contributed by atoms with Crippen molar-refractivity contribution in [3.63, 3.8) is 0 Å². The third-order valence-corrected chi connectivity index (χ3v) is 6.20. The fourth-order valence-electron chi connectivity index (χ4n) is 3.07. The molecule has 0 aromatic rings. The number of nitrogens with one attached hydrogen (secondary N) is 1. The fraction of sp³-hybridized carbons (Fsp3) is 0.929. The summed E-state index contributed by atoms with van der Waals surface area (Å²) in [5.41, 5.74) is 0. The third kappa shape index (κ3) is 5.23. The van der Waals surface area contributed by atoms with Crippen LogP contribution in [0.15, 0.2) is 0 Å². The number of carbonyl (C=O) groups is 1. The molecule has 7 heteroatoms. The van der Waals surface area contributed by atoms with E-state index < -0.39 is 10.0 Å². The standard InChI is InChI=1S/C14H26N2O4S/c1-12(17)15-10-14-11-16(7-8-20-14)21(18,19)9-6-13-4-2-3-5-13/h13-14H,2-11H2,1H3,(H,15,17). The van der Waals surface area contributed by atoms with Crippen molar-refractivity contribution in [3.8, 4) is 0 Å². The summed E-state index contributed by atoms with van der Waals surface area (Å²) in [7, 11) is -3.20. The van der Waals surface area contributed by atoms with Gasteiger partial charge in [-0.25, -0.2) is 8.42 Å². The number of rotatable bonds is 6. The van der Waals surface area contributed by atoms with E-state index in [9.17, 15) is 13.2 Å². The van der Waals surface area contributed by atoms with E-state index in [0.29, 0.717) is 32.2 Å². The van der Waals surface area contributed by atoms with Crippen LogP contribution >= 0.6 is 0 Å². The first-order chi connectivity index (χ1) is 9.97. The molecule has 21 heavy (non-hydrogen) atoms. The van der Waals surface area contributed by atoms with E-state index in [0.717, 1.165) is 6.42 Å². The van der Waals surface area contributed by atoms with Gasteiger partial charge in [-0.2, -0.15) is 4.31 Å². The molecule has 2 rings (SSSR count). The first-order valence-electron chi connectivity index (χ1n) is 7.81. The molecular weight excluding hydrogens is 292 g/mol. The van der Waals surface area contributed by atoms with Crippen molar-refractivity contribution in [2.45, 2.75) is 45.1 Å². The molecule has 1 atom stereocenters. The highest BCUT2D eigenvalue weighted by Crippen LogP contribution is 2.28. The van der Waals surface area contributed by atoms with Gasteiger partial charge in [0.25, 0.3) is 0 Å². The van der Waals surface area contributed by atoms with Crippen LogP contribution in [0, 0.1) is 5.92 Å². The summed E-state index contributed by atoms with van der Waals surface area (Å²) in [5.74, 6) is 0.695. The maximum absolute atomic E-state index is 12.4. The SMILES string of the molecule is CC(=O)NCC1CN(S(=O)(=O)CCC2CCCC2)CCO1. The van der Waals surface area contributed by atoms with E-state index in [2.05, 4.69) is 5.32 Å². The molecule has 0 aromatic heterocycles. The summed E-state index contributed by atoms with van der Waals surface area (Å²) in [6.07, 6.45) is 5.34. The molecule has 1 aliphatic carbocycles. The highest BCUT2D eigenvalue weighted by atomic mass is 32.2. The van der Waals surface area contributed by atoms with Crippen LogP contribution in [0.4, 0.5) is 0 Å². The number of carbonyl (C=O) groups excluding carboxylic acids is 1. The predicted octanol–water partition coefficient (Wildman–Crippen LogP) is 0.733. The molecule has 1 unspecified atom stereocenters. The van der Waals surface area contributed by atoms with Crippen LogP contribution in [-0.2, 0) is 19.6 Å². The molecule has 1 heterocycles. The monoisotopic (exact) mass is 318 g/mol. The van der Waals surface area contributed by atoms with E-state index in [1.165, 1.54) is 36.9 Å². The van der Waals surface area contributed by atoms with Crippen molar-refractivity contribution in [1.82, 2.24) is 9.62 Å². The van der Waals surface area contributed by atoms with Crippen molar-refractivity contribution in [1.29, 1.82) is 0 Å². The lowest BCUT2D eigenvalue weighted by atomic mass is 10.1. The minimum Gasteiger partial charge on any atom is -0.374 e. The van der Waals surface area contributed by atoms with Gasteiger partial charge in [0.1, 0.15) is 0 Å². The summed E-state index contributed by atoms with van der Waals surface area (Å²) in [5, 5.41) is 2.68. The Balaban J connectivity index is 1.81. The molecule has 1 saturated heterocycles. The average Bonchev–Trinajstić information content (AvgIpc) is 2.97. The minimum atomic E-state index is -3.20. The van der Waals surface area contributed by atoms with Gasteiger partial charge < -0.3 is 10.1 Å². The number of nitrogens with zero attached hydrogens (tertiary/aromatic N) is 1. The minimum absolute atomic E-state index is 0.125. The van der Waals surface area contributed by atoms with Gasteiger partial charge in [0, 0.05) is 26.6 Å². The van der Waals surface area contributed by atoms with E-state index in [4.69, 9.17) is 4.74 Å². The van der Waals surface area contributed by atoms with E-state index >= 15 is 0 Å². The summed E-state index contributed by atoms with van der Waals surface area (Å²) in [6, 6.07) is 0. The number of ether oxygens (including phenoxy) is 1. The molecule has 0 bridgehead atoms. The Labute approximate surface area is 127 Å². The highest BCUT2D eigenvalue weighted by molar-refractivity contribution is 7.89. The van der Waals surface area contributed by atoms with Gasteiger partial charge in [-0.1, -0.05) is 25.7 Å². The molecule has 0 radical (unpaired) electrons. The second kappa shape index (κ2) is 7.56. The first-order valence-corrected chi connectivity index (χ1v) is 9.42. The van der Waals surface area contributed by atoms with Crippen LogP contribution in [0.5, 0.6) is 0 Å². The summed E-state index contributed by atoms with van der Waals surface area (Å²) in [6.45, 7) is 2.96. The second-order valence-electron chi connectivity index (χ2n) is 6.04. The Hall–Kier alpha value is -0.660. The van der Waals surface area contributed by atoms with Crippen molar-refractivity contribution in [3.05, 3.63) is 0 Å². The molecule has 0 aromatic carbocycles. The average molecular weight is 318 g/mol. The molecule has 6 nitrogen and oxygen atoms in total. The summed E-state index contributed by atoms with van der Waals surface area (Å²) >= 11 is 0. The Morgan fingerprint density at radius 1 is 1.33 bits per heavy atom. The Bertz CT molecular complexity index is 446. The van der Waals surface area contributed by atoms with Gasteiger partial charge in [0.15, 0.2) is 0 Å². The Morgan fingerprint density at radius 3 is 2.71 bits per heavy atom. The quantitative estimate of drug-likeness (QED) is 0.783. The van der Waals surface area contributed by atoms with E-state index in [1.807, 2.05) is 0 Å². The third-order valence-electron chi connectivity index (χ3n) is 4.33. The van der Waals surface area contributed by atoms with Crippen LogP contribution in [-0.4, -0.2) is 56.7 Å². The predicted molar refractivity (Wildman–Crippen MR) is 80.4 cm³/mol. The molecule has 1 N–H and O–H groups in total. The zero-order valence-electron chi connectivity index (χ0n) is 12.7. The van der Waals surface area contributed by atoms with Gasteiger partial charge in [-0.15, -0.1) is 0 Å². The van der Waals surface area contributed by atoms with Gasteiger partial charge in [-0.05, 0) is 12.3 Å². The first kappa shape index (κ1) is 16.7. The Morgan fingerprint density at radius 2 is 2.05 bits per heavy atom. The maximum atomic E-state index is 12.4. The van der Waals surface area contributed by atoms with E-state index in [-0.39, 0.29) is 17.8 Å². The number of hydrogen-bond donors (Lipinski definition) is 1. The molecule has 1 saturated carbocycles. The highest BCUT2D eigenvalue weighted by Gasteiger charge is 2.30. The number of amides is 1. The molecular formula is C14H26N2O4S. The summed E-state index contributed by atoms with van der Waals surface area (Å²) in [4.78, 5) is 10.9. The normalized spacial score (nSPS) is 25.1. The lowest BCUT2D eigenvalue weighted by Crippen LogP contribution is -2.50. The van der Waals surface area contributed by atoms with Crippen molar-refractivity contribution in [2.75, 3.05) is 32.0 Å². The van der Waals surface area contributed by atoms with Crippen LogP contribution in [0.1, 0.15) is 39.0 Å². The zero-order chi connectivity index (χ0) is 15.3. The lowest BCUT2D eigenvalue weighted by molar-refractivity contribution is -0.119. The van der Waals surface area contributed by atoms with Crippen molar-refractivity contribution in [2.24, 2.45) is 5.92 Å². The molecule has 0 spiro atoms. The molecule has 1 amide bonds. The molecule has 2 aliphatic rings. The van der Waals surface area contributed by atoms with E-state index in [1.54, 1.807) is 0 Å². The fourth-order valence-corrected chi connectivity index (χ4v) is 4.71. The van der Waals surface area contributed by atoms with Crippen LogP contribution in [0.25, 0.3) is 0 Å². The number of sulfonamides is 1. The van der Waals surface area contributed by atoms with Gasteiger partial charge in [0.05, 0.1) is 18.5 Å². The van der Waals surface area contributed by atoms with Crippen molar-refractivity contribution < 1.29 is 17.9 Å².